The van der Waals surface area contributed by atoms with Gasteiger partial charge in [0.2, 0.25) is 0 Å². The molecule has 0 aliphatic carbocycles. The zero-order chi connectivity index (χ0) is 4.50. The number of hydrogen-bond acceptors (Lipinski definition) is 4. The van der Waals surface area contributed by atoms with Crippen LogP contribution < -0.4 is 23.0 Å². The molecule has 0 saturated heterocycles. The molecule has 9 heavy (non-hydrogen) atoms. The van der Waals surface area contributed by atoms with Crippen molar-refractivity contribution in [3.05, 3.63) is 0 Å². The predicted molar refractivity (Wildman–Crippen MR) is 12.9 cm³/mol. The van der Waals surface area contributed by atoms with E-state index in [1.54, 1.807) is 0 Å². The Kier molecular flexibility index (Phi) is 42.8. The quantitative estimate of drug-likeness (QED) is 0.337. The van der Waals surface area contributed by atoms with E-state index in [-0.39, 0.29) is 35.3 Å². The molecule has 0 aromatic heterocycles. The van der Waals surface area contributed by atoms with Crippen LogP contribution in [0.15, 0.2) is 0 Å². The van der Waals surface area contributed by atoms with Crippen molar-refractivity contribution >= 4 is 0 Å². The fourth-order valence-electron chi connectivity index (χ4n) is 0. The van der Waals surface area contributed by atoms with Gasteiger partial charge in [0.15, 0.2) is 0 Å². The van der Waals surface area contributed by atoms with Crippen LogP contribution in [0.25, 0.3) is 0 Å². The summed E-state index contributed by atoms with van der Waals surface area (Å²) in [6.07, 6.45) is 0. The van der Waals surface area contributed by atoms with Crippen molar-refractivity contribution in [2.75, 3.05) is 0 Å². The SMILES string of the molecule is O.O.O.[Li+].[O]=[Mn](=[O])(=[O])[O-]. The first-order valence-corrected chi connectivity index (χ1v) is 2.54. The van der Waals surface area contributed by atoms with Gasteiger partial charge in [-0.25, -0.2) is 0 Å². The van der Waals surface area contributed by atoms with Crippen LogP contribution in [0.1, 0.15) is 0 Å². The van der Waals surface area contributed by atoms with Crippen molar-refractivity contribution in [2.45, 2.75) is 0 Å². The zero-order valence-electron chi connectivity index (χ0n) is 4.51. The maximum atomic E-state index is 8.58. The van der Waals surface area contributed by atoms with Crippen LogP contribution in [-0.4, -0.2) is 16.4 Å². The summed E-state index contributed by atoms with van der Waals surface area (Å²) in [4.78, 5) is 0. The molecule has 0 aliphatic rings. The summed E-state index contributed by atoms with van der Waals surface area (Å²) in [5.41, 5.74) is 0. The molecule has 0 aromatic rings. The standard InChI is InChI=1S/Li.Mn.3H2O.4O/h;;3*1H2;;;;/q+1;;;;;;;;-1. The first kappa shape index (κ1) is 34.4. The van der Waals surface area contributed by atoms with Crippen molar-refractivity contribution in [3.63, 3.8) is 0 Å². The van der Waals surface area contributed by atoms with Gasteiger partial charge >= 0.3 is 47.5 Å². The summed E-state index contributed by atoms with van der Waals surface area (Å²) >= 11 is -5.62. The monoisotopic (exact) mass is 180 g/mol. The molecule has 7 nitrogen and oxygen atoms in total. The molecule has 0 bridgehead atoms. The van der Waals surface area contributed by atoms with Crippen LogP contribution in [0.2, 0.25) is 0 Å². The second kappa shape index (κ2) is 11.2. The van der Waals surface area contributed by atoms with Crippen molar-refractivity contribution < 1.29 is 64.0 Å². The van der Waals surface area contributed by atoms with E-state index >= 15 is 0 Å². The Hall–Kier alpha value is 0.357. The molecule has 0 radical (unpaired) electrons. The fraction of sp³-hybridized carbons (Fsp3) is 0. The summed E-state index contributed by atoms with van der Waals surface area (Å²) < 4.78 is 34.3. The van der Waals surface area contributed by atoms with Gasteiger partial charge in [0.05, 0.1) is 0 Å². The van der Waals surface area contributed by atoms with Crippen molar-refractivity contribution in [1.29, 1.82) is 0 Å². The first-order chi connectivity index (χ1) is 2.00. The minimum absolute atomic E-state index is 0. The van der Waals surface area contributed by atoms with Crippen molar-refractivity contribution in [3.8, 4) is 0 Å². The van der Waals surface area contributed by atoms with E-state index in [1.165, 1.54) is 0 Å². The van der Waals surface area contributed by atoms with Crippen LogP contribution in [0.3, 0.4) is 0 Å². The van der Waals surface area contributed by atoms with Crippen LogP contribution in [0, 0.1) is 0 Å². The number of hydrogen-bond donors (Lipinski definition) is 0. The summed E-state index contributed by atoms with van der Waals surface area (Å²) in [7, 11) is 0. The Morgan fingerprint density at radius 3 is 0.889 bits per heavy atom. The molecule has 0 fully saturated rings. The average Bonchev–Trinajstić information content (AvgIpc) is 0.722. The predicted octanol–water partition coefficient (Wildman–Crippen LogP) is -7.02. The van der Waals surface area contributed by atoms with E-state index in [9.17, 15) is 0 Å². The topological polar surface area (TPSA) is 169 Å². The van der Waals surface area contributed by atoms with Gasteiger partial charge in [-0.15, -0.1) is 0 Å². The van der Waals surface area contributed by atoms with Crippen LogP contribution >= 0.6 is 0 Å². The fourth-order valence-corrected chi connectivity index (χ4v) is 0. The molecule has 0 rings (SSSR count). The minimum atomic E-state index is -5.62. The van der Waals surface area contributed by atoms with Crippen LogP contribution in [0.4, 0.5) is 0 Å². The molecule has 0 spiro atoms. The van der Waals surface area contributed by atoms with E-state index in [0.29, 0.717) is 0 Å². The average molecular weight is 180 g/mol. The molecule has 0 aliphatic heterocycles. The van der Waals surface area contributed by atoms with Gasteiger partial charge in [-0.3, -0.25) is 0 Å². The normalized spacial score (nSPS) is 6.33. The van der Waals surface area contributed by atoms with Crippen LogP contribution in [-0.2, 0) is 24.5 Å². The Balaban J connectivity index is -0.0000000133. The van der Waals surface area contributed by atoms with Crippen molar-refractivity contribution in [1.82, 2.24) is 0 Å². The third kappa shape index (κ3) is 2650. The van der Waals surface area contributed by atoms with Gasteiger partial charge in [-0.1, -0.05) is 0 Å². The Morgan fingerprint density at radius 1 is 0.889 bits per heavy atom. The van der Waals surface area contributed by atoms with E-state index in [0.717, 1.165) is 0 Å². The summed E-state index contributed by atoms with van der Waals surface area (Å²) in [5.74, 6) is 0. The van der Waals surface area contributed by atoms with Gasteiger partial charge < -0.3 is 16.4 Å². The third-order valence-corrected chi connectivity index (χ3v) is 0. The molecule has 0 saturated carbocycles. The summed E-state index contributed by atoms with van der Waals surface area (Å²) in [5, 5.41) is 0. The summed E-state index contributed by atoms with van der Waals surface area (Å²) in [6, 6.07) is 0. The molecular formula is H6LiMnO7. The first-order valence-electron chi connectivity index (χ1n) is 0.617. The van der Waals surface area contributed by atoms with Gasteiger partial charge in [0.25, 0.3) is 0 Å². The summed E-state index contributed by atoms with van der Waals surface area (Å²) in [6.45, 7) is 0. The van der Waals surface area contributed by atoms with E-state index < -0.39 is 13.0 Å². The molecule has 56 valence electrons. The van der Waals surface area contributed by atoms with Gasteiger partial charge in [-0.05, 0) is 0 Å². The van der Waals surface area contributed by atoms with E-state index in [2.05, 4.69) is 0 Å². The number of rotatable bonds is 0. The molecule has 0 amide bonds. The second-order valence-corrected chi connectivity index (χ2v) is 1.56. The van der Waals surface area contributed by atoms with Crippen LogP contribution in [0.5, 0.6) is 0 Å². The Morgan fingerprint density at radius 2 is 0.889 bits per heavy atom. The van der Waals surface area contributed by atoms with Gasteiger partial charge in [-0.2, -0.15) is 0 Å². The molecule has 0 atom stereocenters. The maximum absolute atomic E-state index is 8.58. The Labute approximate surface area is 64.3 Å². The van der Waals surface area contributed by atoms with E-state index in [1.807, 2.05) is 0 Å². The van der Waals surface area contributed by atoms with E-state index in [4.69, 9.17) is 15.7 Å². The molecule has 6 N–H and O–H groups in total. The Bertz CT molecular complexity index is 130. The molecule has 0 heterocycles. The third-order valence-electron chi connectivity index (χ3n) is 0. The van der Waals surface area contributed by atoms with Gasteiger partial charge in [0, 0.05) is 0 Å². The zero-order valence-corrected chi connectivity index (χ0v) is 5.69. The molecular weight excluding hydrogens is 174 g/mol. The van der Waals surface area contributed by atoms with Gasteiger partial charge in [0.1, 0.15) is 0 Å². The molecule has 9 heteroatoms. The molecule has 0 aromatic carbocycles. The second-order valence-electron chi connectivity index (χ2n) is 0.378. The molecule has 0 unspecified atom stereocenters. The van der Waals surface area contributed by atoms with Crippen molar-refractivity contribution in [2.24, 2.45) is 0 Å².